The first-order valence-electron chi connectivity index (χ1n) is 11.4. The van der Waals surface area contributed by atoms with Gasteiger partial charge < -0.3 is 5.11 Å². The summed E-state index contributed by atoms with van der Waals surface area (Å²) in [6.07, 6.45) is 24.6. The van der Waals surface area contributed by atoms with Crippen LogP contribution in [0.2, 0.25) is 0 Å². The van der Waals surface area contributed by atoms with Crippen LogP contribution >= 0.6 is 0 Å². The first kappa shape index (κ1) is 24.5. The van der Waals surface area contributed by atoms with Crippen LogP contribution in [-0.4, -0.2) is 11.1 Å². The molecule has 1 atom stereocenters. The molecule has 0 aromatic heterocycles. The van der Waals surface area contributed by atoms with E-state index in [9.17, 15) is 4.79 Å². The summed E-state index contributed by atoms with van der Waals surface area (Å²) in [6, 6.07) is 0. The van der Waals surface area contributed by atoms with Gasteiger partial charge in [0, 0.05) is 6.42 Å². The Bertz CT molecular complexity index is 275. The number of rotatable bonds is 20. The van der Waals surface area contributed by atoms with Gasteiger partial charge in [-0.05, 0) is 12.3 Å². The van der Waals surface area contributed by atoms with Gasteiger partial charge in [0.1, 0.15) is 0 Å². The molecule has 0 heterocycles. The number of carboxylic acids is 1. The highest BCUT2D eigenvalue weighted by atomic mass is 16.4. The highest BCUT2D eigenvalue weighted by molar-refractivity contribution is 5.66. The van der Waals surface area contributed by atoms with Crippen LogP contribution in [-0.2, 0) is 4.79 Å². The lowest BCUT2D eigenvalue weighted by molar-refractivity contribution is -0.137. The van der Waals surface area contributed by atoms with Gasteiger partial charge in [0.05, 0.1) is 0 Å². The van der Waals surface area contributed by atoms with Crippen molar-refractivity contribution in [3.63, 3.8) is 0 Å². The van der Waals surface area contributed by atoms with Gasteiger partial charge in [-0.3, -0.25) is 4.79 Å². The third-order valence-electron chi connectivity index (χ3n) is 5.39. The van der Waals surface area contributed by atoms with E-state index < -0.39 is 5.97 Å². The van der Waals surface area contributed by atoms with Crippen molar-refractivity contribution in [1.82, 2.24) is 0 Å². The van der Waals surface area contributed by atoms with Gasteiger partial charge in [-0.25, -0.2) is 0 Å². The largest absolute Gasteiger partial charge is 0.481 e. The van der Waals surface area contributed by atoms with E-state index in [1.54, 1.807) is 0 Å². The molecule has 1 N–H and O–H groups in total. The summed E-state index contributed by atoms with van der Waals surface area (Å²) in [5, 5.41) is 8.59. The maximum atomic E-state index is 10.4. The van der Waals surface area contributed by atoms with Crippen molar-refractivity contribution in [3.05, 3.63) is 0 Å². The SMILES string of the molecule is CCCCCCCCCCCCC(C)CCCCCCCCC(=O)O. The number of carboxylic acid groups (broad SMARTS) is 1. The Morgan fingerprint density at radius 2 is 1.00 bits per heavy atom. The Kier molecular flexibility index (Phi) is 19.4. The minimum Gasteiger partial charge on any atom is -0.481 e. The van der Waals surface area contributed by atoms with E-state index in [-0.39, 0.29) is 0 Å². The van der Waals surface area contributed by atoms with Crippen LogP contribution in [0.5, 0.6) is 0 Å². The second-order valence-electron chi connectivity index (χ2n) is 8.13. The molecule has 0 radical (unpaired) electrons. The summed E-state index contributed by atoms with van der Waals surface area (Å²) in [5.41, 5.74) is 0. The molecule has 0 aliphatic rings. The Hall–Kier alpha value is -0.530. The van der Waals surface area contributed by atoms with Gasteiger partial charge in [0.15, 0.2) is 0 Å². The molecule has 0 saturated carbocycles. The predicted molar refractivity (Wildman–Crippen MR) is 110 cm³/mol. The van der Waals surface area contributed by atoms with Crippen molar-refractivity contribution in [2.24, 2.45) is 5.92 Å². The molecule has 0 aromatic carbocycles. The Morgan fingerprint density at radius 3 is 1.40 bits per heavy atom. The van der Waals surface area contributed by atoms with Crippen LogP contribution in [0.25, 0.3) is 0 Å². The van der Waals surface area contributed by atoms with Gasteiger partial charge in [0.25, 0.3) is 0 Å². The summed E-state index contributed by atoms with van der Waals surface area (Å²) >= 11 is 0. The Labute approximate surface area is 158 Å². The molecule has 0 saturated heterocycles. The van der Waals surface area contributed by atoms with E-state index in [1.807, 2.05) is 0 Å². The minimum absolute atomic E-state index is 0.343. The molecule has 0 bridgehead atoms. The average Bonchev–Trinajstić information content (AvgIpc) is 2.58. The lowest BCUT2D eigenvalue weighted by Crippen LogP contribution is -1.95. The number of aliphatic carboxylic acids is 1. The smallest absolute Gasteiger partial charge is 0.303 e. The molecule has 0 amide bonds. The quantitative estimate of drug-likeness (QED) is 0.224. The molecule has 2 nitrogen and oxygen atoms in total. The fourth-order valence-electron chi connectivity index (χ4n) is 3.60. The number of unbranched alkanes of at least 4 members (excludes halogenated alkanes) is 14. The Balaban J connectivity index is 3.15. The van der Waals surface area contributed by atoms with Crippen molar-refractivity contribution in [2.45, 2.75) is 136 Å². The molecule has 0 spiro atoms. The summed E-state index contributed by atoms with van der Waals surface area (Å²) in [7, 11) is 0. The number of carbonyl (C=O) groups is 1. The van der Waals surface area contributed by atoms with E-state index >= 15 is 0 Å². The second kappa shape index (κ2) is 19.8. The first-order valence-corrected chi connectivity index (χ1v) is 11.4. The van der Waals surface area contributed by atoms with Gasteiger partial charge in [-0.2, -0.15) is 0 Å². The standard InChI is InChI=1S/C23H46O2/c1-3-4-5-6-7-8-9-10-13-16-19-22(2)20-17-14-11-12-15-18-21-23(24)25/h22H,3-21H2,1-2H3,(H,24,25). The topological polar surface area (TPSA) is 37.3 Å². The van der Waals surface area contributed by atoms with Crippen molar-refractivity contribution in [1.29, 1.82) is 0 Å². The summed E-state index contributed by atoms with van der Waals surface area (Å²) in [6.45, 7) is 4.70. The third kappa shape index (κ3) is 21.4. The van der Waals surface area contributed by atoms with E-state index in [0.717, 1.165) is 18.8 Å². The van der Waals surface area contributed by atoms with Gasteiger partial charge in [0.2, 0.25) is 0 Å². The zero-order chi connectivity index (χ0) is 18.6. The van der Waals surface area contributed by atoms with E-state index in [1.165, 1.54) is 103 Å². The van der Waals surface area contributed by atoms with E-state index in [2.05, 4.69) is 13.8 Å². The molecular weight excluding hydrogens is 308 g/mol. The Morgan fingerprint density at radius 1 is 0.640 bits per heavy atom. The van der Waals surface area contributed by atoms with E-state index in [0.29, 0.717) is 6.42 Å². The molecule has 1 unspecified atom stereocenters. The van der Waals surface area contributed by atoms with Crippen LogP contribution in [0.3, 0.4) is 0 Å². The van der Waals surface area contributed by atoms with Crippen LogP contribution in [0.4, 0.5) is 0 Å². The van der Waals surface area contributed by atoms with E-state index in [4.69, 9.17) is 5.11 Å². The minimum atomic E-state index is -0.652. The maximum absolute atomic E-state index is 10.4. The van der Waals surface area contributed by atoms with Crippen molar-refractivity contribution < 1.29 is 9.90 Å². The molecule has 2 heteroatoms. The average molecular weight is 355 g/mol. The van der Waals surface area contributed by atoms with Gasteiger partial charge >= 0.3 is 5.97 Å². The maximum Gasteiger partial charge on any atom is 0.303 e. The van der Waals surface area contributed by atoms with Crippen LogP contribution in [0.15, 0.2) is 0 Å². The summed E-state index contributed by atoms with van der Waals surface area (Å²) < 4.78 is 0. The molecular formula is C23H46O2. The van der Waals surface area contributed by atoms with Gasteiger partial charge in [-0.15, -0.1) is 0 Å². The zero-order valence-electron chi connectivity index (χ0n) is 17.4. The summed E-state index contributed by atoms with van der Waals surface area (Å²) in [4.78, 5) is 10.4. The van der Waals surface area contributed by atoms with Crippen molar-refractivity contribution in [3.8, 4) is 0 Å². The van der Waals surface area contributed by atoms with Crippen LogP contribution in [0.1, 0.15) is 136 Å². The highest BCUT2D eigenvalue weighted by Gasteiger charge is 2.02. The lowest BCUT2D eigenvalue weighted by atomic mass is 9.95. The van der Waals surface area contributed by atoms with Crippen LogP contribution in [0, 0.1) is 5.92 Å². The van der Waals surface area contributed by atoms with Crippen LogP contribution < -0.4 is 0 Å². The number of hydrogen-bond donors (Lipinski definition) is 1. The fraction of sp³-hybridized carbons (Fsp3) is 0.957. The van der Waals surface area contributed by atoms with Crippen molar-refractivity contribution >= 4 is 5.97 Å². The third-order valence-corrected chi connectivity index (χ3v) is 5.39. The fourth-order valence-corrected chi connectivity index (χ4v) is 3.60. The lowest BCUT2D eigenvalue weighted by Gasteiger charge is -2.11. The summed E-state index contributed by atoms with van der Waals surface area (Å²) in [5.74, 6) is 0.238. The molecule has 25 heavy (non-hydrogen) atoms. The molecule has 0 aliphatic heterocycles. The molecule has 0 fully saturated rings. The molecule has 0 aliphatic carbocycles. The molecule has 0 rings (SSSR count). The first-order chi connectivity index (χ1) is 12.2. The number of hydrogen-bond acceptors (Lipinski definition) is 1. The monoisotopic (exact) mass is 354 g/mol. The second-order valence-corrected chi connectivity index (χ2v) is 8.13. The normalized spacial score (nSPS) is 12.4. The molecule has 0 aromatic rings. The van der Waals surface area contributed by atoms with Gasteiger partial charge in [-0.1, -0.05) is 123 Å². The highest BCUT2D eigenvalue weighted by Crippen LogP contribution is 2.19. The molecule has 150 valence electrons. The predicted octanol–water partition coefficient (Wildman–Crippen LogP) is 8.14. The van der Waals surface area contributed by atoms with Crippen molar-refractivity contribution in [2.75, 3.05) is 0 Å². The zero-order valence-corrected chi connectivity index (χ0v) is 17.4.